The average molecular weight is 302 g/mol. The van der Waals surface area contributed by atoms with Gasteiger partial charge >= 0.3 is 0 Å². The van der Waals surface area contributed by atoms with Gasteiger partial charge in [0.25, 0.3) is 0 Å². The first-order valence-corrected chi connectivity index (χ1v) is 7.91. The SMILES string of the molecule is COc1ccc(CNCC2(SC)CC2)c(Cl)c1OC. The van der Waals surface area contributed by atoms with E-state index in [1.807, 2.05) is 23.9 Å². The highest BCUT2D eigenvalue weighted by Gasteiger charge is 2.41. The summed E-state index contributed by atoms with van der Waals surface area (Å²) in [5, 5.41) is 4.11. The molecule has 0 bridgehead atoms. The minimum Gasteiger partial charge on any atom is -0.493 e. The molecule has 1 saturated carbocycles. The summed E-state index contributed by atoms with van der Waals surface area (Å²) in [7, 11) is 3.22. The Balaban J connectivity index is 2.00. The second-order valence-corrected chi connectivity index (χ2v) is 6.42. The molecule has 1 aromatic rings. The fourth-order valence-electron chi connectivity index (χ4n) is 2.08. The van der Waals surface area contributed by atoms with Gasteiger partial charge < -0.3 is 14.8 Å². The van der Waals surface area contributed by atoms with Crippen molar-refractivity contribution in [2.24, 2.45) is 0 Å². The van der Waals surface area contributed by atoms with Gasteiger partial charge in [-0.1, -0.05) is 17.7 Å². The summed E-state index contributed by atoms with van der Waals surface area (Å²) in [4.78, 5) is 0. The minimum absolute atomic E-state index is 0.461. The second-order valence-electron chi connectivity index (χ2n) is 4.76. The van der Waals surface area contributed by atoms with Crippen LogP contribution in [0.25, 0.3) is 0 Å². The fraction of sp³-hybridized carbons (Fsp3) is 0.571. The number of halogens is 1. The molecule has 1 aliphatic carbocycles. The molecule has 19 heavy (non-hydrogen) atoms. The molecule has 106 valence electrons. The molecular formula is C14H20ClNO2S. The topological polar surface area (TPSA) is 30.5 Å². The van der Waals surface area contributed by atoms with Crippen molar-refractivity contribution in [3.05, 3.63) is 22.7 Å². The number of rotatable bonds is 7. The molecular weight excluding hydrogens is 282 g/mol. The van der Waals surface area contributed by atoms with Crippen molar-refractivity contribution in [1.82, 2.24) is 5.32 Å². The van der Waals surface area contributed by atoms with E-state index in [4.69, 9.17) is 21.1 Å². The number of thioether (sulfide) groups is 1. The first-order valence-electron chi connectivity index (χ1n) is 6.31. The number of methoxy groups -OCH3 is 2. The number of nitrogens with one attached hydrogen (secondary N) is 1. The van der Waals surface area contributed by atoms with E-state index >= 15 is 0 Å². The van der Waals surface area contributed by atoms with Crippen LogP contribution in [0, 0.1) is 0 Å². The number of hydrogen-bond acceptors (Lipinski definition) is 4. The zero-order valence-electron chi connectivity index (χ0n) is 11.6. The molecule has 0 radical (unpaired) electrons. The maximum Gasteiger partial charge on any atom is 0.179 e. The summed E-state index contributed by atoms with van der Waals surface area (Å²) in [5.41, 5.74) is 1.04. The molecule has 0 spiro atoms. The van der Waals surface area contributed by atoms with Crippen LogP contribution in [0.1, 0.15) is 18.4 Å². The Morgan fingerprint density at radius 2 is 2.05 bits per heavy atom. The van der Waals surface area contributed by atoms with E-state index < -0.39 is 0 Å². The van der Waals surface area contributed by atoms with Gasteiger partial charge in [0.1, 0.15) is 0 Å². The Kier molecular flexibility index (Phi) is 4.87. The molecule has 1 aromatic carbocycles. The third-order valence-corrected chi connectivity index (χ3v) is 5.40. The Labute approximate surface area is 124 Å². The quantitative estimate of drug-likeness (QED) is 0.837. The number of ether oxygens (including phenoxy) is 2. The first kappa shape index (κ1) is 14.8. The van der Waals surface area contributed by atoms with Crippen LogP contribution in [0.4, 0.5) is 0 Å². The Morgan fingerprint density at radius 1 is 1.32 bits per heavy atom. The second kappa shape index (κ2) is 6.25. The van der Waals surface area contributed by atoms with Crippen LogP contribution in [0.5, 0.6) is 11.5 Å². The third-order valence-electron chi connectivity index (χ3n) is 3.57. The molecule has 1 N–H and O–H groups in total. The van der Waals surface area contributed by atoms with Crippen LogP contribution in [0.3, 0.4) is 0 Å². The molecule has 0 unspecified atom stereocenters. The van der Waals surface area contributed by atoms with Gasteiger partial charge in [0.05, 0.1) is 19.2 Å². The Hall–Kier alpha value is -0.580. The van der Waals surface area contributed by atoms with E-state index in [9.17, 15) is 0 Å². The highest BCUT2D eigenvalue weighted by atomic mass is 35.5. The Morgan fingerprint density at radius 3 is 2.58 bits per heavy atom. The fourth-order valence-corrected chi connectivity index (χ4v) is 3.14. The predicted molar refractivity (Wildman–Crippen MR) is 81.7 cm³/mol. The van der Waals surface area contributed by atoms with Gasteiger partial charge in [0.2, 0.25) is 0 Å². The lowest BCUT2D eigenvalue weighted by molar-refractivity contribution is 0.354. The largest absolute Gasteiger partial charge is 0.493 e. The van der Waals surface area contributed by atoms with Gasteiger partial charge in [-0.25, -0.2) is 0 Å². The predicted octanol–water partition coefficient (Wildman–Crippen LogP) is 3.34. The van der Waals surface area contributed by atoms with Gasteiger partial charge in [-0.15, -0.1) is 0 Å². The molecule has 0 amide bonds. The van der Waals surface area contributed by atoms with Crippen LogP contribution < -0.4 is 14.8 Å². The molecule has 2 rings (SSSR count). The number of hydrogen-bond donors (Lipinski definition) is 1. The van der Waals surface area contributed by atoms with Crippen molar-refractivity contribution in [1.29, 1.82) is 0 Å². The summed E-state index contributed by atoms with van der Waals surface area (Å²) in [6.45, 7) is 1.78. The lowest BCUT2D eigenvalue weighted by Gasteiger charge is -2.15. The number of benzene rings is 1. The standard InChI is InChI=1S/C14H20ClNO2S/c1-17-11-5-4-10(12(15)13(11)18-2)8-16-9-14(19-3)6-7-14/h4-5,16H,6-9H2,1-3H3. The zero-order chi connectivity index (χ0) is 13.9. The maximum atomic E-state index is 6.34. The van der Waals surface area contributed by atoms with Crippen molar-refractivity contribution < 1.29 is 9.47 Å². The maximum absolute atomic E-state index is 6.34. The lowest BCUT2D eigenvalue weighted by atomic mass is 10.2. The summed E-state index contributed by atoms with van der Waals surface area (Å²) in [5.74, 6) is 1.27. The van der Waals surface area contributed by atoms with Crippen LogP contribution >= 0.6 is 23.4 Å². The highest BCUT2D eigenvalue weighted by Crippen LogP contribution is 2.46. The zero-order valence-corrected chi connectivity index (χ0v) is 13.2. The molecule has 0 saturated heterocycles. The summed E-state index contributed by atoms with van der Waals surface area (Å²) < 4.78 is 11.0. The van der Waals surface area contributed by atoms with E-state index in [2.05, 4.69) is 11.6 Å². The summed E-state index contributed by atoms with van der Waals surface area (Å²) >= 11 is 8.29. The van der Waals surface area contributed by atoms with Crippen molar-refractivity contribution in [3.63, 3.8) is 0 Å². The van der Waals surface area contributed by atoms with Gasteiger partial charge in [-0.3, -0.25) is 0 Å². The molecule has 3 nitrogen and oxygen atoms in total. The van der Waals surface area contributed by atoms with Crippen LogP contribution in [-0.2, 0) is 6.54 Å². The molecule has 0 aliphatic heterocycles. The van der Waals surface area contributed by atoms with Gasteiger partial charge in [0.15, 0.2) is 11.5 Å². The van der Waals surface area contributed by atoms with Gasteiger partial charge in [-0.2, -0.15) is 11.8 Å². The molecule has 0 heterocycles. The summed E-state index contributed by atoms with van der Waals surface area (Å²) in [6.07, 6.45) is 4.79. The average Bonchev–Trinajstić information content (AvgIpc) is 3.21. The molecule has 1 fully saturated rings. The smallest absolute Gasteiger partial charge is 0.179 e. The van der Waals surface area contributed by atoms with E-state index in [0.29, 0.717) is 21.3 Å². The van der Waals surface area contributed by atoms with Gasteiger partial charge in [0, 0.05) is 17.8 Å². The van der Waals surface area contributed by atoms with Crippen LogP contribution in [0.2, 0.25) is 5.02 Å². The van der Waals surface area contributed by atoms with E-state index in [1.54, 1.807) is 14.2 Å². The Bertz CT molecular complexity index is 449. The van der Waals surface area contributed by atoms with Crippen molar-refractivity contribution >= 4 is 23.4 Å². The highest BCUT2D eigenvalue weighted by molar-refractivity contribution is 8.00. The normalized spacial score (nSPS) is 16.2. The third kappa shape index (κ3) is 3.30. The summed E-state index contributed by atoms with van der Waals surface area (Å²) in [6, 6.07) is 3.87. The first-order chi connectivity index (χ1) is 9.15. The molecule has 5 heteroatoms. The van der Waals surface area contributed by atoms with Crippen molar-refractivity contribution in [2.75, 3.05) is 27.0 Å². The monoisotopic (exact) mass is 301 g/mol. The lowest BCUT2D eigenvalue weighted by Crippen LogP contribution is -2.25. The van der Waals surface area contributed by atoms with Crippen LogP contribution in [0.15, 0.2) is 12.1 Å². The molecule has 1 aliphatic rings. The van der Waals surface area contributed by atoms with E-state index in [1.165, 1.54) is 12.8 Å². The van der Waals surface area contributed by atoms with E-state index in [0.717, 1.165) is 18.7 Å². The molecule has 0 aromatic heterocycles. The minimum atomic E-state index is 0.461. The van der Waals surface area contributed by atoms with Crippen molar-refractivity contribution in [3.8, 4) is 11.5 Å². The van der Waals surface area contributed by atoms with Crippen molar-refractivity contribution in [2.45, 2.75) is 24.1 Å². The molecule has 0 atom stereocenters. The van der Waals surface area contributed by atoms with Crippen LogP contribution in [-0.4, -0.2) is 31.8 Å². The van der Waals surface area contributed by atoms with Gasteiger partial charge in [-0.05, 0) is 30.7 Å². The van der Waals surface area contributed by atoms with E-state index in [-0.39, 0.29) is 0 Å².